The summed E-state index contributed by atoms with van der Waals surface area (Å²) in [4.78, 5) is 4.90. The van der Waals surface area contributed by atoms with Gasteiger partial charge in [0.05, 0.1) is 44.1 Å². The van der Waals surface area contributed by atoms with Gasteiger partial charge in [-0.1, -0.05) is 164 Å². The number of para-hydroxylation sites is 8. The molecule has 0 aliphatic rings. The summed E-state index contributed by atoms with van der Waals surface area (Å²) in [5.74, 6) is 0. The molecule has 0 aliphatic heterocycles. The Kier molecular flexibility index (Phi) is 12.3. The van der Waals surface area contributed by atoms with Gasteiger partial charge in [0.2, 0.25) is 0 Å². The lowest BCUT2D eigenvalue weighted by Gasteiger charge is -2.28. The molecular formula is C86H60N6. The SMILES string of the molecule is Cc1cc(N(c2ccc3c(c2)c2ccccc2n3-c2ccccc2)c2ccc3c(c2)c2ccccc2n3-c2ccccc2)ccc1-c1ccc(N(c2ccc3c(c2)c2ccccc2n3-c2ccccc2)c2ccc3c4ccccc4n(-c4ccccc4)c3c2)cc1C. The maximum absolute atomic E-state index is 2.45. The van der Waals surface area contributed by atoms with Gasteiger partial charge >= 0.3 is 0 Å². The van der Waals surface area contributed by atoms with E-state index in [1.807, 2.05) is 0 Å². The van der Waals surface area contributed by atoms with Crippen LogP contribution in [-0.4, -0.2) is 18.3 Å². The number of benzene rings is 14. The number of nitrogens with zero attached hydrogens (tertiary/aromatic N) is 6. The molecule has 6 nitrogen and oxygen atoms in total. The molecule has 0 unspecified atom stereocenters. The van der Waals surface area contributed by atoms with E-state index in [2.05, 4.69) is 369 Å². The van der Waals surface area contributed by atoms with Gasteiger partial charge < -0.3 is 28.1 Å². The molecular weight excluding hydrogens is 1120 g/mol. The monoisotopic (exact) mass is 1180 g/mol. The van der Waals surface area contributed by atoms with Gasteiger partial charge in [0, 0.05) is 100.0 Å². The van der Waals surface area contributed by atoms with Crippen molar-refractivity contribution in [2.24, 2.45) is 0 Å². The largest absolute Gasteiger partial charge is 0.310 e. The number of hydrogen-bond donors (Lipinski definition) is 0. The van der Waals surface area contributed by atoms with E-state index in [1.165, 1.54) is 98.4 Å². The fourth-order valence-corrected chi connectivity index (χ4v) is 14.9. The topological polar surface area (TPSA) is 26.2 Å². The van der Waals surface area contributed by atoms with Crippen molar-refractivity contribution in [3.05, 3.63) is 339 Å². The summed E-state index contributed by atoms with van der Waals surface area (Å²) >= 11 is 0. The van der Waals surface area contributed by atoms with E-state index >= 15 is 0 Å². The molecule has 0 aliphatic carbocycles. The van der Waals surface area contributed by atoms with Crippen LogP contribution in [0.5, 0.6) is 0 Å². The molecule has 0 saturated heterocycles. The minimum absolute atomic E-state index is 1.07. The van der Waals surface area contributed by atoms with Gasteiger partial charge in [-0.3, -0.25) is 0 Å². The average Bonchev–Trinajstić information content (AvgIpc) is 1.57. The van der Waals surface area contributed by atoms with Crippen molar-refractivity contribution in [2.45, 2.75) is 13.8 Å². The zero-order chi connectivity index (χ0) is 61.0. The predicted molar refractivity (Wildman–Crippen MR) is 388 cm³/mol. The fraction of sp³-hybridized carbons (Fsp3) is 0.0233. The van der Waals surface area contributed by atoms with Crippen molar-refractivity contribution in [1.82, 2.24) is 18.3 Å². The highest BCUT2D eigenvalue weighted by Crippen LogP contribution is 2.47. The Balaban J connectivity index is 0.792. The van der Waals surface area contributed by atoms with Crippen molar-refractivity contribution in [1.29, 1.82) is 0 Å². The Hall–Kier alpha value is -12.1. The number of hydrogen-bond acceptors (Lipinski definition) is 2. The average molecular weight is 1180 g/mol. The van der Waals surface area contributed by atoms with Crippen LogP contribution in [-0.2, 0) is 0 Å². The summed E-state index contributed by atoms with van der Waals surface area (Å²) in [6.45, 7) is 4.54. The van der Waals surface area contributed by atoms with E-state index in [0.717, 1.165) is 67.9 Å². The van der Waals surface area contributed by atoms with E-state index in [-0.39, 0.29) is 0 Å². The van der Waals surface area contributed by atoms with E-state index in [9.17, 15) is 0 Å². The first-order valence-corrected chi connectivity index (χ1v) is 31.7. The Morgan fingerprint density at radius 3 is 0.761 bits per heavy atom. The second-order valence-electron chi connectivity index (χ2n) is 24.2. The van der Waals surface area contributed by atoms with Gasteiger partial charge in [0.25, 0.3) is 0 Å². The van der Waals surface area contributed by atoms with Crippen LogP contribution in [0, 0.1) is 13.8 Å². The first-order valence-electron chi connectivity index (χ1n) is 31.7. The summed E-state index contributed by atoms with van der Waals surface area (Å²) in [5.41, 5.74) is 25.1. The minimum atomic E-state index is 1.07. The zero-order valence-corrected chi connectivity index (χ0v) is 50.9. The minimum Gasteiger partial charge on any atom is -0.310 e. The molecule has 0 N–H and O–H groups in total. The molecule has 0 saturated carbocycles. The number of rotatable bonds is 11. The molecule has 0 spiro atoms. The predicted octanol–water partition coefficient (Wildman–Crippen LogP) is 23.3. The van der Waals surface area contributed by atoms with E-state index in [0.29, 0.717) is 0 Å². The van der Waals surface area contributed by atoms with Crippen LogP contribution < -0.4 is 9.80 Å². The van der Waals surface area contributed by atoms with E-state index < -0.39 is 0 Å². The van der Waals surface area contributed by atoms with Crippen molar-refractivity contribution in [3.63, 3.8) is 0 Å². The normalized spacial score (nSPS) is 11.8. The highest BCUT2D eigenvalue weighted by Gasteiger charge is 2.24. The molecule has 434 valence electrons. The summed E-state index contributed by atoms with van der Waals surface area (Å²) in [6.07, 6.45) is 0. The summed E-state index contributed by atoms with van der Waals surface area (Å²) in [6, 6.07) is 120. The molecule has 0 fully saturated rings. The third-order valence-corrected chi connectivity index (χ3v) is 18.9. The third kappa shape index (κ3) is 8.42. The highest BCUT2D eigenvalue weighted by molar-refractivity contribution is 6.15. The Morgan fingerprint density at radius 2 is 0.424 bits per heavy atom. The first kappa shape index (κ1) is 53.0. The van der Waals surface area contributed by atoms with Gasteiger partial charge in [-0.15, -0.1) is 0 Å². The van der Waals surface area contributed by atoms with Crippen molar-refractivity contribution in [3.8, 4) is 33.9 Å². The van der Waals surface area contributed by atoms with Gasteiger partial charge in [-0.2, -0.15) is 0 Å². The molecule has 18 aromatic rings. The second-order valence-corrected chi connectivity index (χ2v) is 24.2. The molecule has 14 aromatic carbocycles. The maximum Gasteiger partial charge on any atom is 0.0561 e. The first-order chi connectivity index (χ1) is 45.5. The Labute approximate surface area is 532 Å². The molecule has 0 radical (unpaired) electrons. The molecule has 0 bridgehead atoms. The molecule has 6 heteroatoms. The van der Waals surface area contributed by atoms with Crippen LogP contribution in [0.1, 0.15) is 11.1 Å². The molecule has 0 amide bonds. The van der Waals surface area contributed by atoms with Gasteiger partial charge in [0.1, 0.15) is 0 Å². The summed E-state index contributed by atoms with van der Waals surface area (Å²) in [5, 5.41) is 9.67. The highest BCUT2D eigenvalue weighted by atomic mass is 15.2. The summed E-state index contributed by atoms with van der Waals surface area (Å²) < 4.78 is 9.59. The van der Waals surface area contributed by atoms with Crippen LogP contribution in [0.25, 0.3) is 121 Å². The van der Waals surface area contributed by atoms with Gasteiger partial charge in [-0.25, -0.2) is 0 Å². The maximum atomic E-state index is 2.45. The standard InChI is InChI=1S/C86H60N6/c1-57-51-63(87(65-42-48-83-76(53-65)72-32-16-20-36-80(72)89(83)59-23-7-3-8-24-59)66-43-49-84-77(54-66)73-33-17-21-37-81(73)90(84)60-25-9-4-10-26-60)39-45-69(57)70-46-40-64(52-58(70)2)88(67-44-50-85-78(55-67)74-34-18-22-38-82(74)91(85)61-27-11-5-12-28-61)68-41-47-75-71-31-15-19-35-79(71)92(86(75)56-68)62-29-13-6-14-30-62/h3-56H,1-2H3. The Bertz CT molecular complexity index is 5750. The molecule has 4 aromatic heterocycles. The van der Waals surface area contributed by atoms with Gasteiger partial charge in [0.15, 0.2) is 0 Å². The molecule has 0 atom stereocenters. The smallest absolute Gasteiger partial charge is 0.0561 e. The quantitative estimate of drug-likeness (QED) is 0.129. The van der Waals surface area contributed by atoms with Crippen LogP contribution in [0.3, 0.4) is 0 Å². The molecule has 18 rings (SSSR count). The number of aryl methyl sites for hydroxylation is 2. The van der Waals surface area contributed by atoms with E-state index in [1.54, 1.807) is 0 Å². The van der Waals surface area contributed by atoms with Crippen molar-refractivity contribution in [2.75, 3.05) is 9.80 Å². The van der Waals surface area contributed by atoms with E-state index in [4.69, 9.17) is 0 Å². The van der Waals surface area contributed by atoms with Gasteiger partial charge in [-0.05, 0) is 200 Å². The lowest BCUT2D eigenvalue weighted by Crippen LogP contribution is -2.11. The number of fused-ring (bicyclic) bond motifs is 12. The second kappa shape index (κ2) is 21.3. The molecule has 4 heterocycles. The van der Waals surface area contributed by atoms with Crippen LogP contribution in [0.4, 0.5) is 34.1 Å². The molecule has 92 heavy (non-hydrogen) atoms. The van der Waals surface area contributed by atoms with Crippen LogP contribution >= 0.6 is 0 Å². The van der Waals surface area contributed by atoms with Crippen molar-refractivity contribution < 1.29 is 0 Å². The number of aromatic nitrogens is 4. The van der Waals surface area contributed by atoms with Crippen molar-refractivity contribution >= 4 is 121 Å². The lowest BCUT2D eigenvalue weighted by molar-refractivity contribution is 1.17. The zero-order valence-electron chi connectivity index (χ0n) is 50.9. The summed E-state index contributed by atoms with van der Waals surface area (Å²) in [7, 11) is 0. The lowest BCUT2D eigenvalue weighted by atomic mass is 9.95. The number of anilines is 6. The Morgan fingerprint density at radius 1 is 0.185 bits per heavy atom. The van der Waals surface area contributed by atoms with Crippen LogP contribution in [0.2, 0.25) is 0 Å². The van der Waals surface area contributed by atoms with Crippen LogP contribution in [0.15, 0.2) is 328 Å². The fourth-order valence-electron chi connectivity index (χ4n) is 14.9. The third-order valence-electron chi connectivity index (χ3n) is 18.9.